The molecule has 0 bridgehead atoms. The molecule has 206 valence electrons. The van der Waals surface area contributed by atoms with Crippen LogP contribution in [0.5, 0.6) is 0 Å². The second-order valence-electron chi connectivity index (χ2n) is 10.9. The van der Waals surface area contributed by atoms with E-state index in [0.29, 0.717) is 0 Å². The zero-order chi connectivity index (χ0) is 28.8. The topological polar surface area (TPSA) is 29.3 Å². The number of para-hydroxylation sites is 1. The van der Waals surface area contributed by atoms with Crippen LogP contribution < -0.4 is 5.32 Å². The van der Waals surface area contributed by atoms with Crippen molar-refractivity contribution in [3.63, 3.8) is 0 Å². The van der Waals surface area contributed by atoms with Crippen LogP contribution in [0.3, 0.4) is 0 Å². The smallest absolute Gasteiger partial charge is 0.125 e. The Morgan fingerprint density at radius 1 is 0.605 bits per heavy atom. The predicted molar refractivity (Wildman–Crippen MR) is 185 cm³/mol. The highest BCUT2D eigenvalue weighted by Gasteiger charge is 2.15. The second-order valence-corrected chi connectivity index (χ2v) is 12.0. The van der Waals surface area contributed by atoms with Crippen molar-refractivity contribution in [2.45, 2.75) is 6.17 Å². The van der Waals surface area contributed by atoms with E-state index in [1.54, 1.807) is 0 Å². The van der Waals surface area contributed by atoms with Crippen LogP contribution in [0.4, 0.5) is 0 Å². The van der Waals surface area contributed by atoms with Crippen molar-refractivity contribution in [1.29, 1.82) is 0 Å². The zero-order valence-corrected chi connectivity index (χ0v) is 24.6. The summed E-state index contributed by atoms with van der Waals surface area (Å²) in [6.07, 6.45) is 1.79. The van der Waals surface area contributed by atoms with E-state index in [2.05, 4.69) is 131 Å². The second kappa shape index (κ2) is 10.7. The van der Waals surface area contributed by atoms with Gasteiger partial charge in [-0.3, -0.25) is 10.3 Å². The summed E-state index contributed by atoms with van der Waals surface area (Å²) in [7, 11) is 1.96. The van der Waals surface area contributed by atoms with Crippen molar-refractivity contribution < 1.29 is 0 Å². The summed E-state index contributed by atoms with van der Waals surface area (Å²) in [6, 6.07) is 50.1. The normalized spacial score (nSPS) is 12.7. The number of hydrogen-bond donors (Lipinski definition) is 1. The SMILES string of the molecule is CNC(N=Cc1ccccc1)c1cccc(-n2c3ccccc3c3cc(-c4ccc5sc6ccccc6c5c4)ccc32)c1. The number of thiophene rings is 1. The molecule has 0 amide bonds. The first-order chi connectivity index (χ1) is 21.3. The van der Waals surface area contributed by atoms with Gasteiger partial charge >= 0.3 is 0 Å². The van der Waals surface area contributed by atoms with Crippen molar-refractivity contribution in [3.05, 3.63) is 151 Å². The minimum absolute atomic E-state index is 0.150. The Labute approximate surface area is 254 Å². The number of benzene rings is 6. The Morgan fingerprint density at radius 2 is 1.30 bits per heavy atom. The van der Waals surface area contributed by atoms with Gasteiger partial charge in [0.25, 0.3) is 0 Å². The maximum atomic E-state index is 4.87. The van der Waals surface area contributed by atoms with Crippen LogP contribution in [0, 0.1) is 0 Å². The number of rotatable bonds is 6. The van der Waals surface area contributed by atoms with Gasteiger partial charge in [0.2, 0.25) is 0 Å². The molecule has 0 saturated heterocycles. The summed E-state index contributed by atoms with van der Waals surface area (Å²) in [5, 5.41) is 8.53. The average Bonchev–Trinajstić information content (AvgIpc) is 3.61. The van der Waals surface area contributed by atoms with Gasteiger partial charge in [-0.15, -0.1) is 11.3 Å². The van der Waals surface area contributed by atoms with Crippen molar-refractivity contribution in [2.24, 2.45) is 4.99 Å². The lowest BCUT2D eigenvalue weighted by molar-refractivity contribution is 0.627. The van der Waals surface area contributed by atoms with Gasteiger partial charge < -0.3 is 4.57 Å². The highest BCUT2D eigenvalue weighted by Crippen LogP contribution is 2.39. The minimum Gasteiger partial charge on any atom is -0.309 e. The number of nitrogens with one attached hydrogen (secondary N) is 1. The van der Waals surface area contributed by atoms with Crippen molar-refractivity contribution >= 4 is 59.5 Å². The van der Waals surface area contributed by atoms with E-state index < -0.39 is 0 Å². The zero-order valence-electron chi connectivity index (χ0n) is 23.7. The van der Waals surface area contributed by atoms with Crippen LogP contribution >= 0.6 is 11.3 Å². The molecule has 1 atom stereocenters. The lowest BCUT2D eigenvalue weighted by atomic mass is 10.0. The standard InChI is InChI=1S/C39H29N3S/c1-40-39(41-25-26-10-3-2-4-11-26)29-12-9-13-30(22-29)42-35-16-7-5-14-31(35)33-23-27(18-20-36(33)42)28-19-21-38-34(24-28)32-15-6-8-17-37(32)43-38/h2-25,39-40H,1H3. The molecule has 4 heteroatoms. The van der Waals surface area contributed by atoms with E-state index in [1.807, 2.05) is 42.8 Å². The van der Waals surface area contributed by atoms with E-state index in [1.165, 1.54) is 53.1 Å². The molecule has 0 aliphatic heterocycles. The van der Waals surface area contributed by atoms with E-state index in [9.17, 15) is 0 Å². The van der Waals surface area contributed by atoms with Gasteiger partial charge in [-0.2, -0.15) is 0 Å². The first-order valence-electron chi connectivity index (χ1n) is 14.6. The van der Waals surface area contributed by atoms with Crippen LogP contribution in [-0.4, -0.2) is 17.8 Å². The molecule has 3 nitrogen and oxygen atoms in total. The van der Waals surface area contributed by atoms with Gasteiger partial charge in [0.1, 0.15) is 6.17 Å². The summed E-state index contributed by atoms with van der Waals surface area (Å²) in [5.41, 5.74) is 8.18. The number of hydrogen-bond acceptors (Lipinski definition) is 3. The van der Waals surface area contributed by atoms with Crippen LogP contribution in [0.2, 0.25) is 0 Å². The summed E-state index contributed by atoms with van der Waals surface area (Å²) < 4.78 is 5.04. The number of aromatic nitrogens is 1. The number of aliphatic imine (C=N–C) groups is 1. The number of fused-ring (bicyclic) bond motifs is 6. The molecule has 8 aromatic rings. The van der Waals surface area contributed by atoms with Gasteiger partial charge in [-0.25, -0.2) is 0 Å². The van der Waals surface area contributed by atoms with Crippen molar-refractivity contribution in [3.8, 4) is 16.8 Å². The molecule has 2 heterocycles. The highest BCUT2D eigenvalue weighted by atomic mass is 32.1. The third kappa shape index (κ3) is 4.52. The van der Waals surface area contributed by atoms with Gasteiger partial charge in [-0.05, 0) is 77.8 Å². The molecule has 0 aliphatic rings. The molecule has 1 N–H and O–H groups in total. The Balaban J connectivity index is 1.24. The molecule has 6 aromatic carbocycles. The molecular formula is C39H29N3S. The Hall–Kier alpha value is -5.03. The molecule has 0 saturated carbocycles. The van der Waals surface area contributed by atoms with E-state index in [-0.39, 0.29) is 6.17 Å². The lowest BCUT2D eigenvalue weighted by Crippen LogP contribution is -2.14. The first-order valence-corrected chi connectivity index (χ1v) is 15.4. The van der Waals surface area contributed by atoms with E-state index in [4.69, 9.17) is 4.99 Å². The minimum atomic E-state index is -0.150. The summed E-state index contributed by atoms with van der Waals surface area (Å²) in [4.78, 5) is 4.87. The maximum absolute atomic E-state index is 4.87. The third-order valence-electron chi connectivity index (χ3n) is 8.27. The molecular weight excluding hydrogens is 543 g/mol. The monoisotopic (exact) mass is 571 g/mol. The van der Waals surface area contributed by atoms with Gasteiger partial charge in [0.15, 0.2) is 0 Å². The molecule has 43 heavy (non-hydrogen) atoms. The molecule has 0 fully saturated rings. The summed E-state index contributed by atoms with van der Waals surface area (Å²) in [5.74, 6) is 0. The van der Waals surface area contributed by atoms with E-state index >= 15 is 0 Å². The average molecular weight is 572 g/mol. The fraction of sp³-hybridized carbons (Fsp3) is 0.0513. The largest absolute Gasteiger partial charge is 0.309 e. The Bertz CT molecular complexity index is 2290. The van der Waals surface area contributed by atoms with Gasteiger partial charge in [-0.1, -0.05) is 91.0 Å². The van der Waals surface area contributed by atoms with Crippen LogP contribution in [0.25, 0.3) is 58.8 Å². The van der Waals surface area contributed by atoms with Crippen molar-refractivity contribution in [2.75, 3.05) is 7.05 Å². The molecule has 0 radical (unpaired) electrons. The maximum Gasteiger partial charge on any atom is 0.125 e. The van der Waals surface area contributed by atoms with Crippen LogP contribution in [0.15, 0.2) is 145 Å². The van der Waals surface area contributed by atoms with Crippen molar-refractivity contribution in [1.82, 2.24) is 9.88 Å². The summed E-state index contributed by atoms with van der Waals surface area (Å²) >= 11 is 1.86. The van der Waals surface area contributed by atoms with Gasteiger partial charge in [0, 0.05) is 42.8 Å². The Morgan fingerprint density at radius 3 is 2.16 bits per heavy atom. The molecule has 2 aromatic heterocycles. The first kappa shape index (κ1) is 25.7. The lowest BCUT2D eigenvalue weighted by Gasteiger charge is -2.15. The molecule has 1 unspecified atom stereocenters. The molecule has 0 aliphatic carbocycles. The van der Waals surface area contributed by atoms with E-state index in [0.717, 1.165) is 16.8 Å². The third-order valence-corrected chi connectivity index (χ3v) is 9.42. The predicted octanol–water partition coefficient (Wildman–Crippen LogP) is 10.2. The fourth-order valence-electron chi connectivity index (χ4n) is 6.20. The summed E-state index contributed by atoms with van der Waals surface area (Å²) in [6.45, 7) is 0. The Kier molecular flexibility index (Phi) is 6.36. The fourth-order valence-corrected chi connectivity index (χ4v) is 7.28. The molecule has 0 spiro atoms. The highest BCUT2D eigenvalue weighted by molar-refractivity contribution is 7.25. The quantitative estimate of drug-likeness (QED) is 0.198. The van der Waals surface area contributed by atoms with Crippen LogP contribution in [-0.2, 0) is 0 Å². The van der Waals surface area contributed by atoms with Gasteiger partial charge in [0.05, 0.1) is 11.0 Å². The molecule has 8 rings (SSSR count). The van der Waals surface area contributed by atoms with Crippen LogP contribution in [0.1, 0.15) is 17.3 Å². The number of nitrogens with zero attached hydrogens (tertiary/aromatic N) is 2.